The number of carbonyl (C=O) groups excluding carboxylic acids is 2. The average molecular weight is 479 g/mol. The number of nitrogens with two attached hydrogens (primary N) is 1. The van der Waals surface area contributed by atoms with E-state index in [1.54, 1.807) is 23.2 Å². The molecule has 2 fully saturated rings. The predicted molar refractivity (Wildman–Crippen MR) is 138 cm³/mol. The minimum atomic E-state index is -0.835. The minimum Gasteiger partial charge on any atom is -0.441 e. The lowest BCUT2D eigenvalue weighted by molar-refractivity contribution is -0.117. The third kappa shape index (κ3) is 4.01. The van der Waals surface area contributed by atoms with Crippen LogP contribution in [0.4, 0.5) is 5.82 Å². The molecular weight excluding hydrogens is 452 g/mol. The van der Waals surface area contributed by atoms with Crippen molar-refractivity contribution >= 4 is 28.6 Å². The van der Waals surface area contributed by atoms with Gasteiger partial charge in [-0.1, -0.05) is 42.5 Å². The lowest BCUT2D eigenvalue weighted by Crippen LogP contribution is -2.50. The van der Waals surface area contributed by atoms with Crippen molar-refractivity contribution < 1.29 is 14.3 Å². The van der Waals surface area contributed by atoms with Gasteiger partial charge in [0, 0.05) is 48.5 Å². The Balaban J connectivity index is 1.44. The fourth-order valence-corrected chi connectivity index (χ4v) is 4.86. The van der Waals surface area contributed by atoms with Crippen molar-refractivity contribution in [3.63, 3.8) is 0 Å². The van der Waals surface area contributed by atoms with Crippen LogP contribution in [-0.2, 0) is 9.53 Å². The van der Waals surface area contributed by atoms with Crippen molar-refractivity contribution in [1.29, 1.82) is 0 Å². The molecule has 2 aromatic carbocycles. The third-order valence-electron chi connectivity index (χ3n) is 7.03. The number of rotatable bonds is 5. The molecule has 2 N–H and O–H groups in total. The Morgan fingerprint density at radius 2 is 1.75 bits per heavy atom. The zero-order chi connectivity index (χ0) is 24.7. The highest BCUT2D eigenvalue weighted by molar-refractivity contribution is 6.04. The molecule has 0 radical (unpaired) electrons. The van der Waals surface area contributed by atoms with Crippen LogP contribution < -0.4 is 10.6 Å². The van der Waals surface area contributed by atoms with E-state index >= 15 is 0 Å². The summed E-state index contributed by atoms with van der Waals surface area (Å²) in [5, 5.41) is 0.837. The van der Waals surface area contributed by atoms with E-state index in [2.05, 4.69) is 11.1 Å². The monoisotopic (exact) mass is 478 g/mol. The van der Waals surface area contributed by atoms with Crippen LogP contribution >= 0.6 is 0 Å². The second-order valence-corrected chi connectivity index (χ2v) is 9.49. The number of anilines is 1. The summed E-state index contributed by atoms with van der Waals surface area (Å²) in [5.74, 6) is 0.324. The van der Waals surface area contributed by atoms with Gasteiger partial charge < -0.3 is 4.74 Å². The van der Waals surface area contributed by atoms with Gasteiger partial charge in [0.1, 0.15) is 5.82 Å². The van der Waals surface area contributed by atoms with Crippen LogP contribution in [0.1, 0.15) is 42.5 Å². The first-order valence-corrected chi connectivity index (χ1v) is 12.3. The number of hydrogen-bond acceptors (Lipinski definition) is 6. The Labute approximate surface area is 208 Å². The maximum atomic E-state index is 12.6. The standard InChI is InChI=1S/C29H26N4O3/c30-29(14-5-15-29)36-28(35)21-11-9-20(10-12-21)26-22(19-6-2-1-3-7-19)18-23-24(32-26)13-16-31-27(23)33-17-4-8-25(33)34/h1-3,6-7,9-13,16,18H,4-5,8,14-15,17,30H2. The van der Waals surface area contributed by atoms with Crippen molar-refractivity contribution in [1.82, 2.24) is 9.97 Å². The van der Waals surface area contributed by atoms with Crippen molar-refractivity contribution in [2.45, 2.75) is 37.8 Å². The predicted octanol–water partition coefficient (Wildman–Crippen LogP) is 5.09. The molecule has 1 amide bonds. The number of fused-ring (bicyclic) bond motifs is 1. The van der Waals surface area contributed by atoms with E-state index in [0.717, 1.165) is 46.1 Å². The first kappa shape index (κ1) is 22.4. The van der Waals surface area contributed by atoms with E-state index in [0.29, 0.717) is 37.2 Å². The molecule has 3 heterocycles. The second kappa shape index (κ2) is 8.84. The highest BCUT2D eigenvalue weighted by Crippen LogP contribution is 2.37. The fourth-order valence-electron chi connectivity index (χ4n) is 4.86. The number of nitrogens with zero attached hydrogens (tertiary/aromatic N) is 3. The van der Waals surface area contributed by atoms with Crippen molar-refractivity contribution in [2.75, 3.05) is 11.4 Å². The highest BCUT2D eigenvalue weighted by atomic mass is 16.6. The average Bonchev–Trinajstić information content (AvgIpc) is 3.32. The second-order valence-electron chi connectivity index (χ2n) is 9.49. The first-order chi connectivity index (χ1) is 17.5. The molecule has 36 heavy (non-hydrogen) atoms. The van der Waals surface area contributed by atoms with E-state index in [-0.39, 0.29) is 5.91 Å². The number of pyridine rings is 2. The van der Waals surface area contributed by atoms with E-state index in [9.17, 15) is 9.59 Å². The Morgan fingerprint density at radius 3 is 2.42 bits per heavy atom. The Hall–Kier alpha value is -4.10. The number of aromatic nitrogens is 2. The van der Waals surface area contributed by atoms with Crippen LogP contribution in [0.2, 0.25) is 0 Å². The van der Waals surface area contributed by atoms with Gasteiger partial charge in [-0.3, -0.25) is 15.4 Å². The van der Waals surface area contributed by atoms with Crippen molar-refractivity contribution in [2.24, 2.45) is 5.73 Å². The van der Waals surface area contributed by atoms with Gasteiger partial charge in [-0.25, -0.2) is 14.8 Å². The van der Waals surface area contributed by atoms with Gasteiger partial charge in [-0.05, 0) is 42.7 Å². The topological polar surface area (TPSA) is 98.4 Å². The summed E-state index contributed by atoms with van der Waals surface area (Å²) in [4.78, 5) is 36.4. The molecule has 1 aliphatic carbocycles. The van der Waals surface area contributed by atoms with E-state index in [4.69, 9.17) is 15.5 Å². The minimum absolute atomic E-state index is 0.0870. The molecule has 6 rings (SSSR count). The van der Waals surface area contributed by atoms with Gasteiger partial charge in [-0.2, -0.15) is 0 Å². The van der Waals surface area contributed by atoms with Gasteiger partial charge in [0.15, 0.2) is 5.72 Å². The lowest BCUT2D eigenvalue weighted by Gasteiger charge is -2.36. The van der Waals surface area contributed by atoms with Crippen molar-refractivity contribution in [3.8, 4) is 22.4 Å². The molecule has 0 spiro atoms. The largest absolute Gasteiger partial charge is 0.441 e. The molecule has 0 atom stereocenters. The molecule has 1 aliphatic heterocycles. The number of esters is 1. The summed E-state index contributed by atoms with van der Waals surface area (Å²) in [6.45, 7) is 0.662. The summed E-state index contributed by atoms with van der Waals surface area (Å²) in [7, 11) is 0. The molecule has 7 nitrogen and oxygen atoms in total. The maximum absolute atomic E-state index is 12.6. The summed E-state index contributed by atoms with van der Waals surface area (Å²) < 4.78 is 5.51. The van der Waals surface area contributed by atoms with Crippen LogP contribution in [0.25, 0.3) is 33.3 Å². The molecule has 180 valence electrons. The molecule has 4 aromatic rings. The quantitative estimate of drug-likeness (QED) is 0.317. The summed E-state index contributed by atoms with van der Waals surface area (Å²) in [5.41, 5.74) is 10.0. The highest BCUT2D eigenvalue weighted by Gasteiger charge is 2.37. The van der Waals surface area contributed by atoms with Crippen LogP contribution in [0.3, 0.4) is 0 Å². The number of benzene rings is 2. The van der Waals surface area contributed by atoms with Crippen LogP contribution in [0.5, 0.6) is 0 Å². The molecule has 7 heteroatoms. The number of ether oxygens (including phenoxy) is 1. The van der Waals surface area contributed by atoms with E-state index < -0.39 is 11.7 Å². The Morgan fingerprint density at radius 1 is 0.972 bits per heavy atom. The van der Waals surface area contributed by atoms with Gasteiger partial charge in [0.05, 0.1) is 16.8 Å². The first-order valence-electron chi connectivity index (χ1n) is 12.3. The number of amides is 1. The zero-order valence-electron chi connectivity index (χ0n) is 19.8. The lowest BCUT2D eigenvalue weighted by atomic mass is 9.89. The van der Waals surface area contributed by atoms with Gasteiger partial charge >= 0.3 is 5.97 Å². The molecule has 0 bridgehead atoms. The molecule has 0 unspecified atom stereocenters. The van der Waals surface area contributed by atoms with E-state index in [1.807, 2.05) is 48.5 Å². The SMILES string of the molecule is NC1(OC(=O)c2ccc(-c3nc4ccnc(N5CCCC5=O)c4cc3-c3ccccc3)cc2)CCC1. The van der Waals surface area contributed by atoms with Crippen LogP contribution in [-0.4, -0.2) is 34.1 Å². The number of carbonyl (C=O) groups is 2. The number of hydrogen-bond donors (Lipinski definition) is 1. The normalized spacial score (nSPS) is 16.7. The summed E-state index contributed by atoms with van der Waals surface area (Å²) >= 11 is 0. The van der Waals surface area contributed by atoms with Gasteiger partial charge in [-0.15, -0.1) is 0 Å². The van der Waals surface area contributed by atoms with Gasteiger partial charge in [0.25, 0.3) is 0 Å². The van der Waals surface area contributed by atoms with Crippen molar-refractivity contribution in [3.05, 3.63) is 78.5 Å². The van der Waals surface area contributed by atoms with Crippen LogP contribution in [0.15, 0.2) is 72.9 Å². The fraction of sp³-hybridized carbons (Fsp3) is 0.241. The molecule has 2 aromatic heterocycles. The molecule has 2 aliphatic rings. The Kier molecular flexibility index (Phi) is 5.49. The molecular formula is C29H26N4O3. The maximum Gasteiger partial charge on any atom is 0.339 e. The van der Waals surface area contributed by atoms with E-state index in [1.165, 1.54) is 0 Å². The summed E-state index contributed by atoms with van der Waals surface area (Å²) in [6, 6.07) is 21.2. The third-order valence-corrected chi connectivity index (χ3v) is 7.03. The van der Waals surface area contributed by atoms with Gasteiger partial charge in [0.2, 0.25) is 5.91 Å². The Bertz CT molecular complexity index is 1460. The van der Waals surface area contributed by atoms with Crippen LogP contribution in [0, 0.1) is 0 Å². The smallest absolute Gasteiger partial charge is 0.339 e. The summed E-state index contributed by atoms with van der Waals surface area (Å²) in [6.07, 6.45) is 5.42. The molecule has 1 saturated carbocycles. The molecule has 1 saturated heterocycles. The zero-order valence-corrected chi connectivity index (χ0v) is 19.8.